The molecule has 0 aliphatic carbocycles. The van der Waals surface area contributed by atoms with E-state index in [1.807, 2.05) is 0 Å². The van der Waals surface area contributed by atoms with E-state index in [9.17, 15) is 0 Å². The van der Waals surface area contributed by atoms with Crippen LogP contribution in [0.5, 0.6) is 0 Å². The topological polar surface area (TPSA) is 31.0 Å². The number of amidine groups is 2. The van der Waals surface area contributed by atoms with E-state index in [-0.39, 0.29) is 52.6 Å². The van der Waals surface area contributed by atoms with Crippen LogP contribution in [0.4, 0.5) is 11.4 Å². The van der Waals surface area contributed by atoms with Crippen molar-refractivity contribution in [3.05, 3.63) is 58.7 Å². The minimum atomic E-state index is 0. The molecule has 11 heteroatoms. The maximum atomic E-state index is 5.19. The van der Waals surface area contributed by atoms with Crippen LogP contribution >= 0.6 is 46.4 Å². The zero-order valence-electron chi connectivity index (χ0n) is 28.2. The van der Waals surface area contributed by atoms with E-state index in [0.29, 0.717) is 23.7 Å². The van der Waals surface area contributed by atoms with Crippen molar-refractivity contribution < 1.29 is 46.5 Å². The molecule has 1 aliphatic heterocycles. The van der Waals surface area contributed by atoms with Gasteiger partial charge in [-0.1, -0.05) is 91.8 Å². The van der Waals surface area contributed by atoms with E-state index in [1.54, 1.807) is 0 Å². The van der Waals surface area contributed by atoms with Crippen molar-refractivity contribution in [1.82, 2.24) is 4.90 Å². The van der Waals surface area contributed by atoms with Gasteiger partial charge < -0.3 is 34.3 Å². The smallest absolute Gasteiger partial charge is 1.00 e. The molecule has 0 spiro atoms. The molecule has 2 aromatic carbocycles. The van der Waals surface area contributed by atoms with Gasteiger partial charge in [-0.3, -0.25) is 4.99 Å². The van der Waals surface area contributed by atoms with E-state index in [2.05, 4.69) is 121 Å². The van der Waals surface area contributed by atoms with Crippen LogP contribution in [-0.4, -0.2) is 51.3 Å². The largest absolute Gasteiger partial charge is 2.00 e. The maximum absolute atomic E-state index is 5.19. The molecule has 0 unspecified atom stereocenters. The van der Waals surface area contributed by atoms with Crippen LogP contribution < -0.4 is 24.8 Å². The first-order chi connectivity index (χ1) is 19.8. The van der Waals surface area contributed by atoms with Crippen LogP contribution in [0.3, 0.4) is 0 Å². The minimum Gasteiger partial charge on any atom is -1.00 e. The summed E-state index contributed by atoms with van der Waals surface area (Å²) in [6.45, 7) is 24.0. The Morgan fingerprint density at radius 1 is 0.711 bits per heavy atom. The Labute approximate surface area is 316 Å². The first kappa shape index (κ1) is 48.9. The number of benzene rings is 2. The molecule has 2 aromatic rings. The molecule has 0 radical (unpaired) electrons. The number of hydrogen-bond donors (Lipinski definition) is 0. The molecule has 0 amide bonds. The van der Waals surface area contributed by atoms with Gasteiger partial charge in [-0.25, -0.2) is 0 Å². The van der Waals surface area contributed by atoms with Gasteiger partial charge in [-0.2, -0.15) is 4.99 Å². The second-order valence-electron chi connectivity index (χ2n) is 11.5. The average Bonchev–Trinajstić information content (AvgIpc) is 2.93. The van der Waals surface area contributed by atoms with Gasteiger partial charge in [0.15, 0.2) is 0 Å². The molecule has 45 heavy (non-hydrogen) atoms. The number of para-hydroxylation sites is 2. The van der Waals surface area contributed by atoms with Gasteiger partial charge in [0, 0.05) is 13.0 Å². The fourth-order valence-electron chi connectivity index (χ4n) is 4.83. The van der Waals surface area contributed by atoms with Crippen molar-refractivity contribution in [2.45, 2.75) is 99.3 Å². The summed E-state index contributed by atoms with van der Waals surface area (Å²) in [6, 6.07) is 13.2. The summed E-state index contributed by atoms with van der Waals surface area (Å²) in [7, 11) is 0. The van der Waals surface area contributed by atoms with Crippen molar-refractivity contribution in [1.29, 1.82) is 0 Å². The zero-order chi connectivity index (χ0) is 32.0. The molecule has 1 aliphatic rings. The summed E-state index contributed by atoms with van der Waals surface area (Å²) in [4.78, 5) is 12.6. The zero-order valence-corrected chi connectivity index (χ0v) is 33.9. The molecule has 0 saturated carbocycles. The van der Waals surface area contributed by atoms with Gasteiger partial charge >= 0.3 is 17.1 Å². The molecule has 0 fully saturated rings. The SMILES string of the molecule is CC(=Nc1c(C(C)C)cccc1C(C)C)N1[C-]=[N+](C(C)=Nc2c(C(C)C)cccc2C(C)C)CCC1.ClCCl.ClCCl.[Cl-].[Cl-].[Fe+2]. The molecule has 0 aromatic heterocycles. The van der Waals surface area contributed by atoms with Gasteiger partial charge in [0.1, 0.15) is 17.9 Å². The molecule has 0 atom stereocenters. The molecule has 0 saturated heterocycles. The Morgan fingerprint density at radius 3 is 1.38 bits per heavy atom. The van der Waals surface area contributed by atoms with E-state index < -0.39 is 0 Å². The van der Waals surface area contributed by atoms with Gasteiger partial charge in [-0.15, -0.1) is 46.4 Å². The number of halogens is 6. The predicted molar refractivity (Wildman–Crippen MR) is 189 cm³/mol. The van der Waals surface area contributed by atoms with Crippen molar-refractivity contribution in [2.75, 3.05) is 23.8 Å². The Hall–Kier alpha value is -0.491. The Bertz CT molecular complexity index is 1160. The van der Waals surface area contributed by atoms with E-state index in [1.165, 1.54) is 22.3 Å². The summed E-state index contributed by atoms with van der Waals surface area (Å²) in [5.74, 6) is 3.65. The van der Waals surface area contributed by atoms with Crippen LogP contribution in [0, 0.1) is 0 Å². The Morgan fingerprint density at radius 2 is 1.04 bits per heavy atom. The average molecular weight is 783 g/mol. The van der Waals surface area contributed by atoms with Crippen molar-refractivity contribution >= 4 is 75.8 Å². The summed E-state index contributed by atoms with van der Waals surface area (Å²) in [6.07, 6.45) is 4.63. The normalized spacial score (nSPS) is 13.2. The monoisotopic (exact) mass is 780 g/mol. The molecule has 4 nitrogen and oxygen atoms in total. The Kier molecular flexibility index (Phi) is 27.7. The summed E-state index contributed by atoms with van der Waals surface area (Å²) < 4.78 is 2.17. The molecule has 3 rings (SSSR count). The summed E-state index contributed by atoms with van der Waals surface area (Å²) in [5, 5.41) is 0.389. The number of hydrogen-bond acceptors (Lipinski definition) is 2. The standard InChI is InChI=1S/C32H46N4.2CH2Cl2.2ClH.Fe/c1-21(2)27-14-11-15-28(22(3)4)31(27)33-25(9)35-18-13-19-36(20-35)26(10)34-32-29(23(5)6)16-12-17-30(32)24(7)8;2*2-1-3;;;/h11-12,14-17,21-24H,13,18-19H2,1-10H3;2*1H2;2*1H;/q;;;;;+2/p-2. The maximum Gasteiger partial charge on any atom is 2.00 e. The Balaban J connectivity index is -0.00000181. The molecule has 1 heterocycles. The summed E-state index contributed by atoms with van der Waals surface area (Å²) >= 11 is 19.1. The molecule has 0 bridgehead atoms. The van der Waals surface area contributed by atoms with Crippen LogP contribution in [0.15, 0.2) is 46.4 Å². The first-order valence-electron chi connectivity index (χ1n) is 14.8. The number of rotatable bonds is 6. The van der Waals surface area contributed by atoms with E-state index in [0.717, 1.165) is 42.6 Å². The van der Waals surface area contributed by atoms with Crippen molar-refractivity contribution in [3.63, 3.8) is 0 Å². The minimum absolute atomic E-state index is 0. The van der Waals surface area contributed by atoms with Gasteiger partial charge in [0.05, 0.1) is 28.7 Å². The first-order valence-corrected chi connectivity index (χ1v) is 16.9. The van der Waals surface area contributed by atoms with Gasteiger partial charge in [0.25, 0.3) is 0 Å². The fraction of sp³-hybridized carbons (Fsp3) is 0.559. The van der Waals surface area contributed by atoms with Crippen LogP contribution in [-0.2, 0) is 17.1 Å². The number of alkyl halides is 4. The quantitative estimate of drug-likeness (QED) is 0.0959. The van der Waals surface area contributed by atoms with E-state index >= 15 is 0 Å². The van der Waals surface area contributed by atoms with Crippen LogP contribution in [0.1, 0.15) is 122 Å². The second-order valence-corrected chi connectivity index (χ2v) is 13.1. The van der Waals surface area contributed by atoms with Crippen molar-refractivity contribution in [2.24, 2.45) is 9.98 Å². The van der Waals surface area contributed by atoms with Gasteiger partial charge in [-0.05, 0) is 59.8 Å². The number of nitrogens with zero attached hydrogens (tertiary/aromatic N) is 4. The van der Waals surface area contributed by atoms with E-state index in [4.69, 9.17) is 56.4 Å². The third kappa shape index (κ3) is 15.5. The third-order valence-electron chi connectivity index (χ3n) is 7.02. The summed E-state index contributed by atoms with van der Waals surface area (Å²) in [5.41, 5.74) is 7.46. The number of aliphatic imine (C=N–C) groups is 2. The molecule has 256 valence electrons. The fourth-order valence-corrected chi connectivity index (χ4v) is 4.83. The third-order valence-corrected chi connectivity index (χ3v) is 7.02. The molecular weight excluding hydrogens is 733 g/mol. The van der Waals surface area contributed by atoms with Crippen molar-refractivity contribution in [3.8, 4) is 0 Å². The van der Waals surface area contributed by atoms with Crippen LogP contribution in [0.2, 0.25) is 0 Å². The molecular formula is C34H50Cl6FeN4. The predicted octanol–water partition coefficient (Wildman–Crippen LogP) is 5.45. The van der Waals surface area contributed by atoms with Crippen LogP contribution in [0.25, 0.3) is 0 Å². The molecule has 0 N–H and O–H groups in total. The van der Waals surface area contributed by atoms with Gasteiger partial charge in [0.2, 0.25) is 0 Å². The second kappa shape index (κ2) is 25.5.